The van der Waals surface area contributed by atoms with Gasteiger partial charge >= 0.3 is 6.09 Å². The smallest absolute Gasteiger partial charge is 0.409 e. The zero-order valence-electron chi connectivity index (χ0n) is 17.7. The zero-order chi connectivity index (χ0) is 21.1. The predicted molar refractivity (Wildman–Crippen MR) is 115 cm³/mol. The Labute approximate surface area is 173 Å². The van der Waals surface area contributed by atoms with Gasteiger partial charge in [0.25, 0.3) is 0 Å². The molecule has 160 valence electrons. The Kier molecular flexibility index (Phi) is 9.27. The summed E-state index contributed by atoms with van der Waals surface area (Å²) in [5.41, 5.74) is 1.96. The molecule has 0 atom stereocenters. The first-order chi connectivity index (χ1) is 14.0. The number of nitrogens with one attached hydrogen (secondary N) is 3. The number of hydrogen-bond donors (Lipinski definition) is 3. The molecule has 1 aliphatic heterocycles. The molecule has 1 fully saturated rings. The molecule has 0 unspecified atom stereocenters. The first kappa shape index (κ1) is 22.5. The molecule has 1 aliphatic rings. The predicted octanol–water partition coefficient (Wildman–Crippen LogP) is 2.36. The van der Waals surface area contributed by atoms with E-state index in [0.717, 1.165) is 24.9 Å². The third-order valence-electron chi connectivity index (χ3n) is 4.71. The van der Waals surface area contributed by atoms with Crippen molar-refractivity contribution in [3.05, 3.63) is 29.8 Å². The lowest BCUT2D eigenvalue weighted by atomic mass is 10.1. The Bertz CT molecular complexity index is 699. The second-order valence-corrected chi connectivity index (χ2v) is 6.90. The van der Waals surface area contributed by atoms with Gasteiger partial charge in [-0.15, -0.1) is 0 Å². The number of anilines is 1. The summed E-state index contributed by atoms with van der Waals surface area (Å²) in [4.78, 5) is 30.2. The Morgan fingerprint density at radius 3 is 2.62 bits per heavy atom. The van der Waals surface area contributed by atoms with Gasteiger partial charge in [0, 0.05) is 31.4 Å². The van der Waals surface area contributed by atoms with Crippen LogP contribution in [0.15, 0.2) is 29.3 Å². The van der Waals surface area contributed by atoms with E-state index in [4.69, 9.17) is 4.74 Å². The molecule has 0 spiro atoms. The minimum atomic E-state index is -0.254. The summed E-state index contributed by atoms with van der Waals surface area (Å²) in [5.74, 6) is 0.451. The van der Waals surface area contributed by atoms with E-state index >= 15 is 0 Å². The fourth-order valence-corrected chi connectivity index (χ4v) is 3.15. The van der Waals surface area contributed by atoms with Crippen molar-refractivity contribution in [3.8, 4) is 0 Å². The summed E-state index contributed by atoms with van der Waals surface area (Å²) >= 11 is 0. The van der Waals surface area contributed by atoms with Crippen LogP contribution < -0.4 is 16.0 Å². The number of benzene rings is 1. The van der Waals surface area contributed by atoms with E-state index in [9.17, 15) is 9.59 Å². The SMILES string of the molecule is CCNC(=NCC(=O)Nc1cccc(CC)c1)NC1CCN(C(=O)OCC)CC1. The fraction of sp³-hybridized carbons (Fsp3) is 0.571. The number of ether oxygens (including phenoxy) is 1. The molecule has 1 aromatic carbocycles. The molecule has 2 rings (SSSR count). The third-order valence-corrected chi connectivity index (χ3v) is 4.71. The van der Waals surface area contributed by atoms with Gasteiger partial charge in [-0.1, -0.05) is 19.1 Å². The van der Waals surface area contributed by atoms with Crippen LogP contribution in [0.5, 0.6) is 0 Å². The number of carbonyl (C=O) groups excluding carboxylic acids is 2. The van der Waals surface area contributed by atoms with Crippen molar-refractivity contribution >= 4 is 23.6 Å². The maximum absolute atomic E-state index is 12.3. The molecule has 2 amide bonds. The number of hydrogen-bond acceptors (Lipinski definition) is 4. The van der Waals surface area contributed by atoms with Crippen LogP contribution >= 0.6 is 0 Å². The van der Waals surface area contributed by atoms with Crippen molar-refractivity contribution < 1.29 is 14.3 Å². The summed E-state index contributed by atoms with van der Waals surface area (Å²) in [6.45, 7) is 8.28. The highest BCUT2D eigenvalue weighted by Gasteiger charge is 2.24. The standard InChI is InChI=1S/C21H33N5O3/c1-4-16-8-7-9-18(14-16)24-19(27)15-23-20(22-5-2)25-17-10-12-26(13-11-17)21(28)29-6-3/h7-9,14,17H,4-6,10-13,15H2,1-3H3,(H,24,27)(H2,22,23,25). The van der Waals surface area contributed by atoms with Crippen LogP contribution in [-0.2, 0) is 16.0 Å². The van der Waals surface area contributed by atoms with Crippen LogP contribution in [0.1, 0.15) is 39.2 Å². The van der Waals surface area contributed by atoms with Crippen molar-refractivity contribution in [1.29, 1.82) is 0 Å². The van der Waals surface area contributed by atoms with Crippen LogP contribution in [0, 0.1) is 0 Å². The molecule has 8 nitrogen and oxygen atoms in total. The maximum Gasteiger partial charge on any atom is 0.409 e. The molecule has 0 radical (unpaired) electrons. The van der Waals surface area contributed by atoms with Crippen LogP contribution in [0.25, 0.3) is 0 Å². The van der Waals surface area contributed by atoms with Crippen molar-refractivity contribution in [3.63, 3.8) is 0 Å². The summed E-state index contributed by atoms with van der Waals surface area (Å²) in [5, 5.41) is 9.43. The zero-order valence-corrected chi connectivity index (χ0v) is 17.7. The minimum Gasteiger partial charge on any atom is -0.450 e. The summed E-state index contributed by atoms with van der Waals surface area (Å²) in [7, 11) is 0. The monoisotopic (exact) mass is 403 g/mol. The molecule has 1 saturated heterocycles. The van der Waals surface area contributed by atoms with Crippen molar-refractivity contribution in [2.45, 2.75) is 46.1 Å². The highest BCUT2D eigenvalue weighted by molar-refractivity contribution is 5.94. The van der Waals surface area contributed by atoms with Crippen LogP contribution in [-0.4, -0.2) is 61.7 Å². The van der Waals surface area contributed by atoms with Gasteiger partial charge in [0.15, 0.2) is 5.96 Å². The number of likely N-dealkylation sites (tertiary alicyclic amines) is 1. The van der Waals surface area contributed by atoms with Crippen LogP contribution in [0.3, 0.4) is 0 Å². The van der Waals surface area contributed by atoms with Crippen LogP contribution in [0.4, 0.5) is 10.5 Å². The van der Waals surface area contributed by atoms with Crippen molar-refractivity contribution in [1.82, 2.24) is 15.5 Å². The van der Waals surface area contributed by atoms with Gasteiger partial charge < -0.3 is 25.6 Å². The average molecular weight is 404 g/mol. The maximum atomic E-state index is 12.3. The topological polar surface area (TPSA) is 95.1 Å². The lowest BCUT2D eigenvalue weighted by Gasteiger charge is -2.32. The summed E-state index contributed by atoms with van der Waals surface area (Å²) in [6.07, 6.45) is 2.28. The summed E-state index contributed by atoms with van der Waals surface area (Å²) < 4.78 is 5.05. The van der Waals surface area contributed by atoms with Gasteiger partial charge in [0.05, 0.1) is 6.61 Å². The molecule has 0 saturated carbocycles. The van der Waals surface area contributed by atoms with Gasteiger partial charge in [-0.2, -0.15) is 0 Å². The molecular formula is C21H33N5O3. The van der Waals surface area contributed by atoms with Crippen molar-refractivity contribution in [2.24, 2.45) is 4.99 Å². The van der Waals surface area contributed by atoms with Gasteiger partial charge in [-0.3, -0.25) is 4.79 Å². The molecule has 0 aliphatic carbocycles. The summed E-state index contributed by atoms with van der Waals surface area (Å²) in [6, 6.07) is 8.02. The van der Waals surface area contributed by atoms with E-state index in [1.54, 1.807) is 4.90 Å². The van der Waals surface area contributed by atoms with E-state index < -0.39 is 0 Å². The van der Waals surface area contributed by atoms with Gasteiger partial charge in [0.2, 0.25) is 5.91 Å². The molecule has 1 aromatic rings. The number of piperidine rings is 1. The van der Waals surface area contributed by atoms with E-state index in [1.165, 1.54) is 5.56 Å². The molecule has 29 heavy (non-hydrogen) atoms. The number of aliphatic imine (C=N–C) groups is 1. The Morgan fingerprint density at radius 2 is 1.97 bits per heavy atom. The van der Waals surface area contributed by atoms with Crippen LogP contribution in [0.2, 0.25) is 0 Å². The number of amides is 2. The quantitative estimate of drug-likeness (QED) is 0.480. The molecular weight excluding hydrogens is 370 g/mol. The normalized spacial score (nSPS) is 15.0. The molecule has 0 aromatic heterocycles. The molecule has 3 N–H and O–H groups in total. The fourth-order valence-electron chi connectivity index (χ4n) is 3.15. The second kappa shape index (κ2) is 11.9. The third kappa shape index (κ3) is 7.63. The first-order valence-corrected chi connectivity index (χ1v) is 10.4. The van der Waals surface area contributed by atoms with Gasteiger partial charge in [-0.25, -0.2) is 9.79 Å². The highest BCUT2D eigenvalue weighted by atomic mass is 16.6. The number of aryl methyl sites for hydroxylation is 1. The van der Waals surface area contributed by atoms with E-state index in [-0.39, 0.29) is 24.6 Å². The van der Waals surface area contributed by atoms with E-state index in [0.29, 0.717) is 32.2 Å². The molecule has 8 heteroatoms. The molecule has 1 heterocycles. The Morgan fingerprint density at radius 1 is 1.21 bits per heavy atom. The van der Waals surface area contributed by atoms with Crippen molar-refractivity contribution in [2.75, 3.05) is 38.1 Å². The van der Waals surface area contributed by atoms with Gasteiger partial charge in [-0.05, 0) is 50.8 Å². The largest absolute Gasteiger partial charge is 0.450 e. The number of nitrogens with zero attached hydrogens (tertiary/aromatic N) is 2. The number of carbonyl (C=O) groups is 2. The second-order valence-electron chi connectivity index (χ2n) is 6.90. The lowest BCUT2D eigenvalue weighted by molar-refractivity contribution is -0.114. The number of rotatable bonds is 7. The number of guanidine groups is 1. The Balaban J connectivity index is 1.84. The Hall–Kier alpha value is -2.77. The highest BCUT2D eigenvalue weighted by Crippen LogP contribution is 2.12. The first-order valence-electron chi connectivity index (χ1n) is 10.4. The lowest BCUT2D eigenvalue weighted by Crippen LogP contribution is -2.50. The average Bonchev–Trinajstić information content (AvgIpc) is 2.73. The minimum absolute atomic E-state index is 0.0351. The molecule has 0 bridgehead atoms. The van der Waals surface area contributed by atoms with E-state index in [2.05, 4.69) is 27.9 Å². The van der Waals surface area contributed by atoms with Gasteiger partial charge in [0.1, 0.15) is 6.54 Å². The van der Waals surface area contributed by atoms with E-state index in [1.807, 2.05) is 38.1 Å².